The third-order valence-electron chi connectivity index (χ3n) is 5.39. The first-order valence-corrected chi connectivity index (χ1v) is 9.29. The van der Waals surface area contributed by atoms with Crippen LogP contribution in [0.3, 0.4) is 0 Å². The van der Waals surface area contributed by atoms with Gasteiger partial charge in [0.05, 0.1) is 24.7 Å². The summed E-state index contributed by atoms with van der Waals surface area (Å²) < 4.78 is 43.6. The summed E-state index contributed by atoms with van der Waals surface area (Å²) >= 11 is 0. The highest BCUT2D eigenvalue weighted by Crippen LogP contribution is 2.38. The zero-order valence-electron chi connectivity index (χ0n) is 16.2. The Balaban J connectivity index is 1.75. The number of rotatable bonds is 5. The lowest BCUT2D eigenvalue weighted by Crippen LogP contribution is -2.37. The van der Waals surface area contributed by atoms with E-state index in [0.717, 1.165) is 24.5 Å². The lowest BCUT2D eigenvalue weighted by atomic mass is 9.77. The Bertz CT molecular complexity index is 848. The lowest BCUT2D eigenvalue weighted by molar-refractivity contribution is -0.141. The Morgan fingerprint density at radius 2 is 1.97 bits per heavy atom. The fourth-order valence-electron chi connectivity index (χ4n) is 3.93. The zero-order chi connectivity index (χ0) is 21.0. The molecule has 0 spiro atoms. The van der Waals surface area contributed by atoms with E-state index in [-0.39, 0.29) is 11.8 Å². The van der Waals surface area contributed by atoms with Gasteiger partial charge in [0.15, 0.2) is 0 Å². The van der Waals surface area contributed by atoms with Gasteiger partial charge in [-0.25, -0.2) is 4.98 Å². The first kappa shape index (κ1) is 20.9. The summed E-state index contributed by atoms with van der Waals surface area (Å²) in [5.74, 6) is 0.710. The Morgan fingerprint density at radius 3 is 2.52 bits per heavy atom. The predicted octanol–water partition coefficient (Wildman–Crippen LogP) is 4.35. The van der Waals surface area contributed by atoms with Crippen molar-refractivity contribution in [2.75, 3.05) is 25.1 Å². The number of oxime groups is 1. The number of pyridine rings is 2. The molecule has 6 nitrogen and oxygen atoms in total. The summed E-state index contributed by atoms with van der Waals surface area (Å²) in [4.78, 5) is 9.76. The molecule has 1 saturated heterocycles. The standard InChI is InChI=1S/C20H23F3N4O2/c1-13(26-28)19(16-12-24-8-5-17(16)29-2)14-6-9-27(10-7-14)15-3-4-18(25-11-15)20(21,22)23/h3-5,8,11-12,14,19,28H,6-7,9-10H2,1-2H3/b26-13+. The quantitative estimate of drug-likeness (QED) is 0.452. The molecule has 1 aliphatic rings. The summed E-state index contributed by atoms with van der Waals surface area (Å²) in [6, 6.07) is 4.24. The van der Waals surface area contributed by atoms with Gasteiger partial charge in [0, 0.05) is 37.0 Å². The van der Waals surface area contributed by atoms with Crippen molar-refractivity contribution >= 4 is 11.4 Å². The van der Waals surface area contributed by atoms with E-state index in [9.17, 15) is 18.4 Å². The minimum absolute atomic E-state index is 0.156. The minimum Gasteiger partial charge on any atom is -0.496 e. The maximum absolute atomic E-state index is 12.7. The smallest absolute Gasteiger partial charge is 0.433 e. The van der Waals surface area contributed by atoms with E-state index in [1.54, 1.807) is 32.5 Å². The monoisotopic (exact) mass is 408 g/mol. The lowest BCUT2D eigenvalue weighted by Gasteiger charge is -2.37. The molecule has 9 heteroatoms. The number of hydrogen-bond donors (Lipinski definition) is 1. The third-order valence-corrected chi connectivity index (χ3v) is 5.39. The maximum Gasteiger partial charge on any atom is 0.433 e. The molecule has 156 valence electrons. The van der Waals surface area contributed by atoms with E-state index >= 15 is 0 Å². The molecule has 1 aliphatic heterocycles. The third kappa shape index (κ3) is 4.60. The second-order valence-corrected chi connectivity index (χ2v) is 7.06. The topological polar surface area (TPSA) is 70.8 Å². The highest BCUT2D eigenvalue weighted by Gasteiger charge is 2.34. The normalized spacial score (nSPS) is 17.3. The van der Waals surface area contributed by atoms with Crippen molar-refractivity contribution in [2.24, 2.45) is 11.1 Å². The SMILES string of the molecule is COc1ccncc1C(/C(C)=N/O)C1CCN(c2ccc(C(F)(F)F)nc2)CC1. The molecular weight excluding hydrogens is 385 g/mol. The van der Waals surface area contributed by atoms with Crippen LogP contribution in [0.15, 0.2) is 41.9 Å². The zero-order valence-corrected chi connectivity index (χ0v) is 16.2. The van der Waals surface area contributed by atoms with Gasteiger partial charge < -0.3 is 14.8 Å². The molecule has 3 rings (SSSR count). The van der Waals surface area contributed by atoms with E-state index in [1.807, 2.05) is 4.90 Å². The summed E-state index contributed by atoms with van der Waals surface area (Å²) in [5, 5.41) is 12.8. The molecule has 0 bridgehead atoms. The van der Waals surface area contributed by atoms with Crippen LogP contribution in [-0.4, -0.2) is 41.1 Å². The minimum atomic E-state index is -4.44. The highest BCUT2D eigenvalue weighted by atomic mass is 19.4. The maximum atomic E-state index is 12.7. The number of alkyl halides is 3. The Morgan fingerprint density at radius 1 is 1.24 bits per heavy atom. The summed E-state index contributed by atoms with van der Waals surface area (Å²) in [7, 11) is 1.58. The second-order valence-electron chi connectivity index (χ2n) is 7.06. The average molecular weight is 408 g/mol. The molecule has 1 unspecified atom stereocenters. The van der Waals surface area contributed by atoms with Gasteiger partial charge in [0.25, 0.3) is 0 Å². The fraction of sp³-hybridized carbons (Fsp3) is 0.450. The number of halogens is 3. The number of piperidine rings is 1. The van der Waals surface area contributed by atoms with Crippen LogP contribution >= 0.6 is 0 Å². The molecule has 0 amide bonds. The molecule has 0 radical (unpaired) electrons. The van der Waals surface area contributed by atoms with Gasteiger partial charge in [-0.05, 0) is 43.9 Å². The van der Waals surface area contributed by atoms with Crippen molar-refractivity contribution in [1.29, 1.82) is 0 Å². The summed E-state index contributed by atoms with van der Waals surface area (Å²) in [6.07, 6.45) is 1.75. The average Bonchev–Trinajstić information content (AvgIpc) is 2.74. The number of methoxy groups -OCH3 is 1. The van der Waals surface area contributed by atoms with E-state index in [0.29, 0.717) is 30.2 Å². The van der Waals surface area contributed by atoms with Crippen LogP contribution in [0.25, 0.3) is 0 Å². The fourth-order valence-corrected chi connectivity index (χ4v) is 3.93. The number of aromatic nitrogens is 2. The van der Waals surface area contributed by atoms with Gasteiger partial charge in [-0.15, -0.1) is 0 Å². The van der Waals surface area contributed by atoms with E-state index in [1.165, 1.54) is 12.3 Å². The van der Waals surface area contributed by atoms with Crippen LogP contribution in [0.1, 0.15) is 36.9 Å². The van der Waals surface area contributed by atoms with Gasteiger partial charge in [-0.3, -0.25) is 4.98 Å². The molecule has 1 atom stereocenters. The van der Waals surface area contributed by atoms with Crippen LogP contribution in [0.2, 0.25) is 0 Å². The van der Waals surface area contributed by atoms with Gasteiger partial charge >= 0.3 is 6.18 Å². The molecule has 2 aromatic heterocycles. The van der Waals surface area contributed by atoms with Crippen LogP contribution < -0.4 is 9.64 Å². The molecule has 2 aromatic rings. The summed E-state index contributed by atoms with van der Waals surface area (Å²) in [6.45, 7) is 3.09. The van der Waals surface area contributed by atoms with Crippen LogP contribution in [-0.2, 0) is 6.18 Å². The molecule has 1 N–H and O–H groups in total. The van der Waals surface area contributed by atoms with E-state index in [4.69, 9.17) is 4.74 Å². The largest absolute Gasteiger partial charge is 0.496 e. The summed E-state index contributed by atoms with van der Waals surface area (Å²) in [5.41, 5.74) is 1.21. The van der Waals surface area contributed by atoms with Crippen LogP contribution in [0.4, 0.5) is 18.9 Å². The molecule has 0 aromatic carbocycles. The van der Waals surface area contributed by atoms with Crippen molar-refractivity contribution in [2.45, 2.75) is 31.9 Å². The first-order chi connectivity index (χ1) is 13.8. The van der Waals surface area contributed by atoms with Crippen LogP contribution in [0, 0.1) is 5.92 Å². The van der Waals surface area contributed by atoms with Crippen molar-refractivity contribution < 1.29 is 23.1 Å². The van der Waals surface area contributed by atoms with Gasteiger partial charge in [0.1, 0.15) is 11.4 Å². The number of ether oxygens (including phenoxy) is 1. The number of anilines is 1. The van der Waals surface area contributed by atoms with Crippen molar-refractivity contribution in [3.63, 3.8) is 0 Å². The van der Waals surface area contributed by atoms with Crippen molar-refractivity contribution in [3.05, 3.63) is 48.0 Å². The van der Waals surface area contributed by atoms with Crippen molar-refractivity contribution in [1.82, 2.24) is 9.97 Å². The Hall–Kier alpha value is -2.84. The van der Waals surface area contributed by atoms with Crippen LogP contribution in [0.5, 0.6) is 5.75 Å². The highest BCUT2D eigenvalue weighted by molar-refractivity contribution is 5.89. The first-order valence-electron chi connectivity index (χ1n) is 9.29. The number of hydrogen-bond acceptors (Lipinski definition) is 6. The molecular formula is C20H23F3N4O2. The van der Waals surface area contributed by atoms with Gasteiger partial charge in [0.2, 0.25) is 0 Å². The molecule has 0 saturated carbocycles. The molecule has 3 heterocycles. The Labute approximate surface area is 167 Å². The Kier molecular flexibility index (Phi) is 6.24. The van der Waals surface area contributed by atoms with Gasteiger partial charge in [-0.1, -0.05) is 5.16 Å². The van der Waals surface area contributed by atoms with Gasteiger partial charge in [-0.2, -0.15) is 13.2 Å². The number of nitrogens with zero attached hydrogens (tertiary/aromatic N) is 4. The predicted molar refractivity (Wildman–Crippen MR) is 103 cm³/mol. The van der Waals surface area contributed by atoms with Crippen molar-refractivity contribution in [3.8, 4) is 5.75 Å². The molecule has 1 fully saturated rings. The van der Waals surface area contributed by atoms with E-state index in [2.05, 4.69) is 15.1 Å². The molecule has 0 aliphatic carbocycles. The molecule has 29 heavy (non-hydrogen) atoms. The second kappa shape index (κ2) is 8.67. The van der Waals surface area contributed by atoms with E-state index < -0.39 is 11.9 Å².